The van der Waals surface area contributed by atoms with Crippen molar-refractivity contribution in [3.63, 3.8) is 0 Å². The number of carbonyl (C=O) groups is 1. The molecule has 3 N–H and O–H groups in total. The Bertz CT molecular complexity index is 769. The summed E-state index contributed by atoms with van der Waals surface area (Å²) in [5, 5.41) is 3.68. The quantitative estimate of drug-likeness (QED) is 0.784. The molecule has 1 unspecified atom stereocenters. The summed E-state index contributed by atoms with van der Waals surface area (Å²) in [4.78, 5) is 15.0. The van der Waals surface area contributed by atoms with E-state index in [0.29, 0.717) is 23.4 Å². The van der Waals surface area contributed by atoms with E-state index >= 15 is 0 Å². The number of benzene rings is 2. The van der Waals surface area contributed by atoms with Gasteiger partial charge in [0.25, 0.3) is 0 Å². The number of anilines is 1. The van der Waals surface area contributed by atoms with Crippen LogP contribution in [0.15, 0.2) is 48.5 Å². The third kappa shape index (κ3) is 4.82. The molecule has 27 heavy (non-hydrogen) atoms. The third-order valence-electron chi connectivity index (χ3n) is 5.45. The number of rotatable bonds is 5. The zero-order valence-corrected chi connectivity index (χ0v) is 17.3. The minimum Gasteiger partial charge on any atom is -0.330 e. The van der Waals surface area contributed by atoms with E-state index in [1.807, 2.05) is 38.1 Å². The molecule has 0 bridgehead atoms. The Hall–Kier alpha value is -1.59. The molecule has 1 aliphatic heterocycles. The second-order valence-corrected chi connectivity index (χ2v) is 7.45. The molecule has 0 saturated carbocycles. The van der Waals surface area contributed by atoms with Crippen LogP contribution in [0.4, 0.5) is 5.69 Å². The van der Waals surface area contributed by atoms with Gasteiger partial charge in [0.2, 0.25) is 5.91 Å². The van der Waals surface area contributed by atoms with Crippen LogP contribution in [0.2, 0.25) is 5.02 Å². The highest BCUT2D eigenvalue weighted by Crippen LogP contribution is 2.33. The number of nitrogens with one attached hydrogen (secondary N) is 1. The van der Waals surface area contributed by atoms with Gasteiger partial charge in [-0.2, -0.15) is 0 Å². The SMILES string of the molecule is Cc1c(Cl)cccc1NC(=O)C(C)N1C[C@@H](CN)[C@H](c2ccccc2)C1.Cl. The summed E-state index contributed by atoms with van der Waals surface area (Å²) < 4.78 is 0. The van der Waals surface area contributed by atoms with Gasteiger partial charge in [0.1, 0.15) is 0 Å². The standard InChI is InChI=1S/C21H26ClN3O.ClH/c1-14-19(22)9-6-10-20(14)24-21(26)15(2)25-12-17(11-23)18(13-25)16-7-4-3-5-8-16;/h3-10,15,17-18H,11-13,23H2,1-2H3,(H,24,26);1H/t15?,17-,18+;/m1./s1. The molecule has 3 rings (SSSR count). The fourth-order valence-corrected chi connectivity index (χ4v) is 3.86. The number of amides is 1. The van der Waals surface area contributed by atoms with Crippen LogP contribution in [-0.2, 0) is 4.79 Å². The fraction of sp³-hybridized carbons (Fsp3) is 0.381. The average molecular weight is 408 g/mol. The number of likely N-dealkylation sites (tertiary alicyclic amines) is 1. The fourth-order valence-electron chi connectivity index (χ4n) is 3.68. The highest BCUT2D eigenvalue weighted by atomic mass is 35.5. The summed E-state index contributed by atoms with van der Waals surface area (Å²) in [7, 11) is 0. The smallest absolute Gasteiger partial charge is 0.241 e. The summed E-state index contributed by atoms with van der Waals surface area (Å²) >= 11 is 6.15. The normalized spacial score (nSPS) is 20.7. The first kappa shape index (κ1) is 21.7. The summed E-state index contributed by atoms with van der Waals surface area (Å²) in [6.07, 6.45) is 0. The van der Waals surface area contributed by atoms with Crippen molar-refractivity contribution in [1.29, 1.82) is 0 Å². The lowest BCUT2D eigenvalue weighted by atomic mass is 9.89. The van der Waals surface area contributed by atoms with Crippen LogP contribution in [0.5, 0.6) is 0 Å². The lowest BCUT2D eigenvalue weighted by molar-refractivity contribution is -0.120. The van der Waals surface area contributed by atoms with Gasteiger partial charge < -0.3 is 11.1 Å². The summed E-state index contributed by atoms with van der Waals surface area (Å²) in [6, 6.07) is 15.8. The lowest BCUT2D eigenvalue weighted by Crippen LogP contribution is -2.41. The van der Waals surface area contributed by atoms with Crippen molar-refractivity contribution in [2.75, 3.05) is 25.0 Å². The van der Waals surface area contributed by atoms with Gasteiger partial charge in [-0.15, -0.1) is 12.4 Å². The molecule has 0 aromatic heterocycles. The Labute approximate surface area is 172 Å². The lowest BCUT2D eigenvalue weighted by Gasteiger charge is -2.24. The Morgan fingerprint density at radius 2 is 1.93 bits per heavy atom. The molecule has 0 radical (unpaired) electrons. The van der Waals surface area contributed by atoms with E-state index in [9.17, 15) is 4.79 Å². The van der Waals surface area contributed by atoms with E-state index in [-0.39, 0.29) is 24.4 Å². The first-order chi connectivity index (χ1) is 12.5. The molecule has 1 heterocycles. The zero-order valence-electron chi connectivity index (χ0n) is 15.7. The maximum Gasteiger partial charge on any atom is 0.241 e. The monoisotopic (exact) mass is 407 g/mol. The summed E-state index contributed by atoms with van der Waals surface area (Å²) in [6.45, 7) is 6.16. The maximum absolute atomic E-state index is 12.8. The van der Waals surface area contributed by atoms with Crippen LogP contribution < -0.4 is 11.1 Å². The number of nitrogens with two attached hydrogens (primary N) is 1. The number of hydrogen-bond acceptors (Lipinski definition) is 3. The van der Waals surface area contributed by atoms with Crippen molar-refractivity contribution in [3.05, 3.63) is 64.7 Å². The molecule has 2 aromatic carbocycles. The topological polar surface area (TPSA) is 58.4 Å². The van der Waals surface area contributed by atoms with Crippen molar-refractivity contribution < 1.29 is 4.79 Å². The van der Waals surface area contributed by atoms with Crippen LogP contribution >= 0.6 is 24.0 Å². The zero-order chi connectivity index (χ0) is 18.7. The van der Waals surface area contributed by atoms with Crippen molar-refractivity contribution in [2.24, 2.45) is 11.7 Å². The summed E-state index contributed by atoms with van der Waals surface area (Å²) in [5.41, 5.74) is 8.97. The van der Waals surface area contributed by atoms with Crippen molar-refractivity contribution >= 4 is 35.6 Å². The maximum atomic E-state index is 12.8. The summed E-state index contributed by atoms with van der Waals surface area (Å²) in [5.74, 6) is 0.713. The Balaban J connectivity index is 0.00000261. The second-order valence-electron chi connectivity index (χ2n) is 7.04. The largest absolute Gasteiger partial charge is 0.330 e. The molecule has 1 aliphatic rings. The minimum absolute atomic E-state index is 0. The van der Waals surface area contributed by atoms with E-state index < -0.39 is 0 Å². The molecule has 1 saturated heterocycles. The number of halogens is 2. The highest BCUT2D eigenvalue weighted by Gasteiger charge is 2.36. The van der Waals surface area contributed by atoms with Crippen molar-refractivity contribution in [2.45, 2.75) is 25.8 Å². The van der Waals surface area contributed by atoms with E-state index in [1.165, 1.54) is 5.56 Å². The third-order valence-corrected chi connectivity index (χ3v) is 5.86. The molecule has 4 nitrogen and oxygen atoms in total. The highest BCUT2D eigenvalue weighted by molar-refractivity contribution is 6.31. The Morgan fingerprint density at radius 3 is 2.59 bits per heavy atom. The van der Waals surface area contributed by atoms with Gasteiger partial charge >= 0.3 is 0 Å². The molecule has 0 aliphatic carbocycles. The van der Waals surface area contributed by atoms with Gasteiger partial charge in [0.05, 0.1) is 6.04 Å². The molecule has 1 fully saturated rings. The van der Waals surface area contributed by atoms with E-state index in [2.05, 4.69) is 34.5 Å². The van der Waals surface area contributed by atoms with Gasteiger partial charge in [-0.1, -0.05) is 48.0 Å². The molecule has 1 amide bonds. The van der Waals surface area contributed by atoms with Crippen LogP contribution in [0.25, 0.3) is 0 Å². The molecule has 3 atom stereocenters. The molecule has 146 valence electrons. The molecular weight excluding hydrogens is 381 g/mol. The Morgan fingerprint density at radius 1 is 1.22 bits per heavy atom. The number of carbonyl (C=O) groups excluding carboxylic acids is 1. The molecule has 2 aromatic rings. The van der Waals surface area contributed by atoms with Crippen LogP contribution in [-0.4, -0.2) is 36.5 Å². The molecular formula is C21H27Cl2N3O. The number of nitrogens with zero attached hydrogens (tertiary/aromatic N) is 1. The first-order valence-electron chi connectivity index (χ1n) is 9.06. The molecule has 0 spiro atoms. The van der Waals surface area contributed by atoms with Gasteiger partial charge in [-0.25, -0.2) is 0 Å². The molecule has 6 heteroatoms. The van der Waals surface area contributed by atoms with E-state index in [0.717, 1.165) is 24.3 Å². The van der Waals surface area contributed by atoms with Gasteiger partial charge in [0.15, 0.2) is 0 Å². The second kappa shape index (κ2) is 9.56. The first-order valence-corrected chi connectivity index (χ1v) is 9.44. The average Bonchev–Trinajstić information content (AvgIpc) is 3.10. The predicted octanol–water partition coefficient (Wildman–Crippen LogP) is 4.07. The van der Waals surface area contributed by atoms with Crippen LogP contribution in [0, 0.1) is 12.8 Å². The predicted molar refractivity (Wildman–Crippen MR) is 115 cm³/mol. The van der Waals surface area contributed by atoms with E-state index in [1.54, 1.807) is 0 Å². The van der Waals surface area contributed by atoms with Crippen LogP contribution in [0.1, 0.15) is 24.0 Å². The number of hydrogen-bond donors (Lipinski definition) is 2. The van der Waals surface area contributed by atoms with Crippen molar-refractivity contribution in [1.82, 2.24) is 4.90 Å². The Kier molecular flexibility index (Phi) is 7.68. The van der Waals surface area contributed by atoms with E-state index in [4.69, 9.17) is 17.3 Å². The van der Waals surface area contributed by atoms with Crippen molar-refractivity contribution in [3.8, 4) is 0 Å². The minimum atomic E-state index is -0.226. The van der Waals surface area contributed by atoms with Crippen LogP contribution in [0.3, 0.4) is 0 Å². The van der Waals surface area contributed by atoms with Gasteiger partial charge in [-0.3, -0.25) is 9.69 Å². The van der Waals surface area contributed by atoms with Gasteiger partial charge in [0, 0.05) is 29.7 Å². The van der Waals surface area contributed by atoms with Gasteiger partial charge in [-0.05, 0) is 49.6 Å².